The maximum Gasteiger partial charge on any atom is 0.180 e. The van der Waals surface area contributed by atoms with Crippen LogP contribution in [0.25, 0.3) is 6.08 Å². The predicted molar refractivity (Wildman–Crippen MR) is 83.4 cm³/mol. The summed E-state index contributed by atoms with van der Waals surface area (Å²) >= 11 is 0. The van der Waals surface area contributed by atoms with Crippen molar-refractivity contribution in [2.75, 3.05) is 0 Å². The van der Waals surface area contributed by atoms with Crippen molar-refractivity contribution in [1.29, 1.82) is 0 Å². The molecule has 1 saturated heterocycles. The van der Waals surface area contributed by atoms with Crippen LogP contribution in [0.1, 0.15) is 52.0 Å². The van der Waals surface area contributed by atoms with Gasteiger partial charge in [-0.15, -0.1) is 0 Å². The van der Waals surface area contributed by atoms with E-state index in [4.69, 9.17) is 9.47 Å². The molecule has 110 valence electrons. The second-order valence-corrected chi connectivity index (χ2v) is 5.60. The molecule has 1 aromatic rings. The first-order valence-electron chi connectivity index (χ1n) is 7.77. The third-order valence-corrected chi connectivity index (χ3v) is 3.86. The molecule has 1 aliphatic rings. The fraction of sp³-hybridized carbons (Fsp3) is 0.556. The van der Waals surface area contributed by atoms with Crippen molar-refractivity contribution >= 4 is 6.08 Å². The number of hydrogen-bond acceptors (Lipinski definition) is 2. The van der Waals surface area contributed by atoms with Gasteiger partial charge in [0.05, 0.1) is 12.2 Å². The summed E-state index contributed by atoms with van der Waals surface area (Å²) in [4.78, 5) is 0. The summed E-state index contributed by atoms with van der Waals surface area (Å²) in [6.45, 7) is 6.39. The van der Waals surface area contributed by atoms with Crippen LogP contribution in [0, 0.1) is 0 Å². The lowest BCUT2D eigenvalue weighted by molar-refractivity contribution is -0.0348. The Labute approximate surface area is 122 Å². The predicted octanol–water partition coefficient (Wildman–Crippen LogP) is 4.80. The van der Waals surface area contributed by atoms with Gasteiger partial charge in [0.1, 0.15) is 0 Å². The van der Waals surface area contributed by atoms with E-state index in [0.717, 1.165) is 6.42 Å². The molecule has 2 heteroatoms. The minimum atomic E-state index is -0.169. The van der Waals surface area contributed by atoms with Crippen LogP contribution in [0.5, 0.6) is 0 Å². The zero-order valence-corrected chi connectivity index (χ0v) is 12.8. The van der Waals surface area contributed by atoms with Crippen LogP contribution >= 0.6 is 0 Å². The van der Waals surface area contributed by atoms with E-state index in [1.54, 1.807) is 0 Å². The molecule has 1 fully saturated rings. The molecule has 0 aromatic heterocycles. The zero-order chi connectivity index (χ0) is 14.4. The molecule has 0 amide bonds. The highest BCUT2D eigenvalue weighted by molar-refractivity contribution is 5.53. The maximum atomic E-state index is 5.95. The lowest BCUT2D eigenvalue weighted by Crippen LogP contribution is -2.13. The number of rotatable bonds is 6. The summed E-state index contributed by atoms with van der Waals surface area (Å²) in [5, 5.41) is 0. The molecule has 20 heavy (non-hydrogen) atoms. The Balaban J connectivity index is 2.10. The first kappa shape index (κ1) is 15.3. The minimum Gasteiger partial charge on any atom is -0.343 e. The molecular formula is C18H26O2. The molecule has 2 nitrogen and oxygen atoms in total. The molecular weight excluding hydrogens is 248 g/mol. The van der Waals surface area contributed by atoms with E-state index in [1.165, 1.54) is 30.4 Å². The summed E-state index contributed by atoms with van der Waals surface area (Å²) < 4.78 is 11.9. The summed E-state index contributed by atoms with van der Waals surface area (Å²) in [6, 6.07) is 10.4. The molecule has 2 rings (SSSR count). The Morgan fingerprint density at radius 2 is 1.70 bits per heavy atom. The van der Waals surface area contributed by atoms with Gasteiger partial charge in [0.15, 0.2) is 6.29 Å². The molecule has 0 aliphatic carbocycles. The van der Waals surface area contributed by atoms with Gasteiger partial charge >= 0.3 is 0 Å². The Morgan fingerprint density at radius 1 is 1.05 bits per heavy atom. The van der Waals surface area contributed by atoms with Gasteiger partial charge in [-0.3, -0.25) is 0 Å². The zero-order valence-electron chi connectivity index (χ0n) is 12.8. The van der Waals surface area contributed by atoms with E-state index in [-0.39, 0.29) is 18.5 Å². The summed E-state index contributed by atoms with van der Waals surface area (Å²) in [5.41, 5.74) is 2.49. The molecule has 2 atom stereocenters. The fourth-order valence-electron chi connectivity index (χ4n) is 2.42. The quantitative estimate of drug-likeness (QED) is 0.694. The normalized spacial score (nSPS) is 26.9. The third-order valence-electron chi connectivity index (χ3n) is 3.86. The maximum absolute atomic E-state index is 5.95. The topological polar surface area (TPSA) is 18.5 Å². The Bertz CT molecular complexity index is 414. The van der Waals surface area contributed by atoms with E-state index in [1.807, 2.05) is 6.07 Å². The molecule has 1 aromatic carbocycles. The van der Waals surface area contributed by atoms with Crippen molar-refractivity contribution in [3.63, 3.8) is 0 Å². The van der Waals surface area contributed by atoms with Crippen LogP contribution in [0.2, 0.25) is 0 Å². The van der Waals surface area contributed by atoms with E-state index >= 15 is 0 Å². The van der Waals surface area contributed by atoms with Crippen molar-refractivity contribution in [1.82, 2.24) is 0 Å². The van der Waals surface area contributed by atoms with Gasteiger partial charge < -0.3 is 9.47 Å². The highest BCUT2D eigenvalue weighted by atomic mass is 16.7. The Kier molecular flexibility index (Phi) is 5.81. The Morgan fingerprint density at radius 3 is 2.30 bits per heavy atom. The lowest BCUT2D eigenvalue weighted by atomic mass is 10.0. The van der Waals surface area contributed by atoms with Crippen LogP contribution in [0.15, 0.2) is 35.9 Å². The summed E-state index contributed by atoms with van der Waals surface area (Å²) in [5.74, 6) is 0. The largest absolute Gasteiger partial charge is 0.343 e. The van der Waals surface area contributed by atoms with E-state index < -0.39 is 0 Å². The summed E-state index contributed by atoms with van der Waals surface area (Å²) in [6.07, 6.45) is 7.13. The van der Waals surface area contributed by atoms with E-state index in [9.17, 15) is 0 Å². The smallest absolute Gasteiger partial charge is 0.180 e. The average Bonchev–Trinajstić information content (AvgIpc) is 2.79. The van der Waals surface area contributed by atoms with Crippen molar-refractivity contribution < 1.29 is 9.47 Å². The molecule has 0 N–H and O–H groups in total. The van der Waals surface area contributed by atoms with Crippen molar-refractivity contribution in [3.8, 4) is 0 Å². The van der Waals surface area contributed by atoms with E-state index in [2.05, 4.69) is 51.1 Å². The summed E-state index contributed by atoms with van der Waals surface area (Å²) in [7, 11) is 0. The number of ether oxygens (including phenoxy) is 2. The monoisotopic (exact) mass is 274 g/mol. The van der Waals surface area contributed by atoms with E-state index in [0.29, 0.717) is 0 Å². The van der Waals surface area contributed by atoms with Gasteiger partial charge in [-0.1, -0.05) is 56.2 Å². The lowest BCUT2D eigenvalue weighted by Gasteiger charge is -2.15. The first-order chi connectivity index (χ1) is 9.70. The minimum absolute atomic E-state index is 0.169. The van der Waals surface area contributed by atoms with Gasteiger partial charge in [-0.25, -0.2) is 0 Å². The standard InChI is InChI=1S/C18H26O2/c1-4-5-7-12-17(13-16-10-8-6-9-11-16)18-19-14(2)15(3)20-18/h6,8-11,13-15,18H,4-5,7,12H2,1-3H3. The van der Waals surface area contributed by atoms with Crippen LogP contribution in [0.4, 0.5) is 0 Å². The number of hydrogen-bond donors (Lipinski definition) is 0. The fourth-order valence-corrected chi connectivity index (χ4v) is 2.42. The molecule has 1 heterocycles. The van der Waals surface area contributed by atoms with Gasteiger partial charge in [0, 0.05) is 0 Å². The van der Waals surface area contributed by atoms with Gasteiger partial charge in [-0.2, -0.15) is 0 Å². The molecule has 0 saturated carbocycles. The molecule has 0 radical (unpaired) electrons. The van der Waals surface area contributed by atoms with Crippen molar-refractivity contribution in [2.24, 2.45) is 0 Å². The van der Waals surface area contributed by atoms with Gasteiger partial charge in [0.2, 0.25) is 0 Å². The second kappa shape index (κ2) is 7.61. The molecule has 0 bridgehead atoms. The highest BCUT2D eigenvalue weighted by Gasteiger charge is 2.31. The van der Waals surface area contributed by atoms with Crippen LogP contribution in [0.3, 0.4) is 0 Å². The van der Waals surface area contributed by atoms with Crippen molar-refractivity contribution in [3.05, 3.63) is 41.5 Å². The molecule has 2 unspecified atom stereocenters. The molecule has 0 spiro atoms. The first-order valence-corrected chi connectivity index (χ1v) is 7.77. The number of benzene rings is 1. The van der Waals surface area contributed by atoms with Crippen molar-refractivity contribution in [2.45, 2.75) is 65.0 Å². The second-order valence-electron chi connectivity index (χ2n) is 5.60. The highest BCUT2D eigenvalue weighted by Crippen LogP contribution is 2.28. The van der Waals surface area contributed by atoms with Gasteiger partial charge in [-0.05, 0) is 37.8 Å². The Hall–Kier alpha value is -1.12. The molecule has 1 aliphatic heterocycles. The third kappa shape index (κ3) is 4.19. The van der Waals surface area contributed by atoms with Gasteiger partial charge in [0.25, 0.3) is 0 Å². The van der Waals surface area contributed by atoms with Crippen LogP contribution in [-0.4, -0.2) is 18.5 Å². The average molecular weight is 274 g/mol. The SMILES string of the molecule is CCCCCC(=Cc1ccccc1)C1OC(C)C(C)O1. The number of unbranched alkanes of at least 4 members (excludes halogenated alkanes) is 2. The van der Waals surface area contributed by atoms with Crippen LogP contribution < -0.4 is 0 Å². The van der Waals surface area contributed by atoms with Crippen LogP contribution in [-0.2, 0) is 9.47 Å².